The van der Waals surface area contributed by atoms with Crippen molar-refractivity contribution in [2.45, 2.75) is 6.04 Å². The number of hydrogen-bond acceptors (Lipinski definition) is 5. The van der Waals surface area contributed by atoms with Gasteiger partial charge in [-0.2, -0.15) is 0 Å². The van der Waals surface area contributed by atoms with E-state index < -0.39 is 24.5 Å². The largest absolute Gasteiger partial charge is 0.497 e. The van der Waals surface area contributed by atoms with Crippen LogP contribution >= 0.6 is 0 Å². The fourth-order valence-corrected chi connectivity index (χ4v) is 3.61. The first-order valence-corrected chi connectivity index (χ1v) is 10.8. The number of amides is 1. The average molecular weight is 453 g/mol. The summed E-state index contributed by atoms with van der Waals surface area (Å²) >= 11 is 0. The molecule has 0 bridgehead atoms. The van der Waals surface area contributed by atoms with E-state index in [1.54, 1.807) is 19.4 Å². The van der Waals surface area contributed by atoms with Gasteiger partial charge in [0.1, 0.15) is 5.75 Å². The molecule has 1 heterocycles. The Hall–Kier alpha value is -4.45. The molecule has 3 aromatic carbocycles. The Morgan fingerprint density at radius 1 is 0.912 bits per heavy atom. The molecule has 170 valence electrons. The second-order valence-corrected chi connectivity index (χ2v) is 7.55. The second-order valence-electron chi connectivity index (χ2n) is 7.55. The van der Waals surface area contributed by atoms with E-state index in [1.807, 2.05) is 84.9 Å². The standard InChI is InChI=1S/C28H24N2O4/c1-33-24-15-12-23(13-16-24)28(21-7-3-2-4-8-21)30-25(31)19-34-26(32)17-14-22-10-5-9-20-11-6-18-29-27(20)22/h2-18,28H,19H2,1H3,(H,30,31)/b17-14+. The lowest BCUT2D eigenvalue weighted by Gasteiger charge is -2.20. The van der Waals surface area contributed by atoms with Gasteiger partial charge < -0.3 is 14.8 Å². The Kier molecular flexibility index (Phi) is 7.30. The van der Waals surface area contributed by atoms with E-state index in [-0.39, 0.29) is 0 Å². The number of carbonyl (C=O) groups excluding carboxylic acids is 2. The van der Waals surface area contributed by atoms with Crippen LogP contribution in [-0.4, -0.2) is 30.6 Å². The summed E-state index contributed by atoms with van der Waals surface area (Å²) in [7, 11) is 1.60. The SMILES string of the molecule is COc1ccc(C(NC(=O)COC(=O)/C=C/c2cccc3cccnc23)c2ccccc2)cc1. The smallest absolute Gasteiger partial charge is 0.331 e. The molecule has 34 heavy (non-hydrogen) atoms. The number of rotatable bonds is 8. The molecule has 0 fully saturated rings. The van der Waals surface area contributed by atoms with Gasteiger partial charge in [-0.1, -0.05) is 66.7 Å². The first-order chi connectivity index (χ1) is 16.6. The molecular formula is C28H24N2O4. The molecule has 6 nitrogen and oxygen atoms in total. The fourth-order valence-electron chi connectivity index (χ4n) is 3.61. The van der Waals surface area contributed by atoms with Crippen molar-refractivity contribution in [3.05, 3.63) is 114 Å². The highest BCUT2D eigenvalue weighted by molar-refractivity contribution is 5.93. The summed E-state index contributed by atoms with van der Waals surface area (Å²) in [5.74, 6) is -0.286. The van der Waals surface area contributed by atoms with Gasteiger partial charge in [-0.25, -0.2) is 4.79 Å². The maximum atomic E-state index is 12.6. The summed E-state index contributed by atoms with van der Waals surface area (Å²) in [5.41, 5.74) is 3.38. The fraction of sp³-hybridized carbons (Fsp3) is 0.107. The van der Waals surface area contributed by atoms with Gasteiger partial charge >= 0.3 is 5.97 Å². The van der Waals surface area contributed by atoms with Gasteiger partial charge in [0, 0.05) is 23.2 Å². The van der Waals surface area contributed by atoms with Crippen molar-refractivity contribution < 1.29 is 19.1 Å². The van der Waals surface area contributed by atoms with E-state index in [0.29, 0.717) is 0 Å². The van der Waals surface area contributed by atoms with Crippen LogP contribution in [0.25, 0.3) is 17.0 Å². The summed E-state index contributed by atoms with van der Waals surface area (Å²) in [6.07, 6.45) is 4.64. The molecule has 1 N–H and O–H groups in total. The Labute approximate surface area is 197 Å². The lowest BCUT2D eigenvalue weighted by atomic mass is 9.98. The normalized spacial score (nSPS) is 11.8. The number of fused-ring (bicyclic) bond motifs is 1. The summed E-state index contributed by atoms with van der Waals surface area (Å²) in [6.45, 7) is -0.392. The second kappa shape index (κ2) is 10.9. The lowest BCUT2D eigenvalue weighted by molar-refractivity contribution is -0.143. The number of ether oxygens (including phenoxy) is 2. The summed E-state index contributed by atoms with van der Waals surface area (Å²) in [5, 5.41) is 3.92. The van der Waals surface area contributed by atoms with Gasteiger partial charge in [0.05, 0.1) is 18.7 Å². The Bertz CT molecular complexity index is 1300. The van der Waals surface area contributed by atoms with E-state index in [1.165, 1.54) is 6.08 Å². The summed E-state index contributed by atoms with van der Waals surface area (Å²) < 4.78 is 10.4. The zero-order valence-corrected chi connectivity index (χ0v) is 18.7. The number of aromatic nitrogens is 1. The molecule has 1 unspecified atom stereocenters. The molecule has 0 saturated carbocycles. The van der Waals surface area contributed by atoms with Crippen LogP contribution in [-0.2, 0) is 14.3 Å². The number of pyridine rings is 1. The molecular weight excluding hydrogens is 428 g/mol. The van der Waals surface area contributed by atoms with Gasteiger partial charge in [0.2, 0.25) is 0 Å². The predicted molar refractivity (Wildman–Crippen MR) is 131 cm³/mol. The van der Waals surface area contributed by atoms with Crippen LogP contribution in [0.1, 0.15) is 22.7 Å². The van der Waals surface area contributed by atoms with Crippen molar-refractivity contribution in [3.63, 3.8) is 0 Å². The number of para-hydroxylation sites is 1. The third-order valence-electron chi connectivity index (χ3n) is 5.30. The van der Waals surface area contributed by atoms with Crippen LogP contribution in [0, 0.1) is 0 Å². The summed E-state index contributed by atoms with van der Waals surface area (Å²) in [6, 6.07) is 26.2. The van der Waals surface area contributed by atoms with Crippen molar-refractivity contribution in [2.75, 3.05) is 13.7 Å². The Morgan fingerprint density at radius 2 is 1.65 bits per heavy atom. The maximum Gasteiger partial charge on any atom is 0.331 e. The van der Waals surface area contributed by atoms with E-state index in [4.69, 9.17) is 9.47 Å². The highest BCUT2D eigenvalue weighted by Gasteiger charge is 2.17. The Balaban J connectivity index is 1.40. The predicted octanol–water partition coefficient (Wildman–Crippen LogP) is 4.71. The number of nitrogens with zero attached hydrogens (tertiary/aromatic N) is 1. The maximum absolute atomic E-state index is 12.6. The van der Waals surface area contributed by atoms with Gasteiger partial charge in [0.25, 0.3) is 5.91 Å². The number of benzene rings is 3. The van der Waals surface area contributed by atoms with Crippen molar-refractivity contribution in [2.24, 2.45) is 0 Å². The number of nitrogens with one attached hydrogen (secondary N) is 1. The molecule has 0 radical (unpaired) electrons. The van der Waals surface area contributed by atoms with E-state index in [2.05, 4.69) is 10.3 Å². The third kappa shape index (κ3) is 5.66. The zero-order chi connectivity index (χ0) is 23.8. The van der Waals surface area contributed by atoms with Gasteiger partial charge in [0.15, 0.2) is 6.61 Å². The highest BCUT2D eigenvalue weighted by Crippen LogP contribution is 2.24. The van der Waals surface area contributed by atoms with Crippen molar-refractivity contribution >= 4 is 28.9 Å². The van der Waals surface area contributed by atoms with Crippen LogP contribution in [0.5, 0.6) is 5.75 Å². The lowest BCUT2D eigenvalue weighted by Crippen LogP contribution is -2.32. The molecule has 1 amide bonds. The molecule has 0 aliphatic heterocycles. The van der Waals surface area contributed by atoms with Gasteiger partial charge in [-0.3, -0.25) is 9.78 Å². The molecule has 1 atom stereocenters. The first-order valence-electron chi connectivity index (χ1n) is 10.8. The van der Waals surface area contributed by atoms with Crippen LogP contribution in [0.4, 0.5) is 0 Å². The number of esters is 1. The highest BCUT2D eigenvalue weighted by atomic mass is 16.5. The molecule has 1 aromatic heterocycles. The topological polar surface area (TPSA) is 77.5 Å². The zero-order valence-electron chi connectivity index (χ0n) is 18.7. The van der Waals surface area contributed by atoms with Crippen molar-refractivity contribution in [1.82, 2.24) is 10.3 Å². The monoisotopic (exact) mass is 452 g/mol. The number of carbonyl (C=O) groups is 2. The molecule has 4 rings (SSSR count). The van der Waals surface area contributed by atoms with E-state index in [0.717, 1.165) is 33.3 Å². The minimum atomic E-state index is -0.608. The third-order valence-corrected chi connectivity index (χ3v) is 5.30. The number of methoxy groups -OCH3 is 1. The molecule has 4 aromatic rings. The van der Waals surface area contributed by atoms with Gasteiger partial charge in [-0.05, 0) is 35.4 Å². The molecule has 6 heteroatoms. The quantitative estimate of drug-likeness (QED) is 0.310. The van der Waals surface area contributed by atoms with Crippen LogP contribution < -0.4 is 10.1 Å². The molecule has 0 spiro atoms. The van der Waals surface area contributed by atoms with Crippen molar-refractivity contribution in [3.8, 4) is 5.75 Å². The average Bonchev–Trinajstić information content (AvgIpc) is 2.90. The molecule has 0 aliphatic carbocycles. The molecule has 0 aliphatic rings. The van der Waals surface area contributed by atoms with Crippen LogP contribution in [0.3, 0.4) is 0 Å². The minimum absolute atomic E-state index is 0.392. The van der Waals surface area contributed by atoms with E-state index >= 15 is 0 Å². The van der Waals surface area contributed by atoms with Crippen LogP contribution in [0.2, 0.25) is 0 Å². The Morgan fingerprint density at radius 3 is 2.41 bits per heavy atom. The summed E-state index contributed by atoms with van der Waals surface area (Å²) in [4.78, 5) is 29.2. The van der Waals surface area contributed by atoms with Crippen molar-refractivity contribution in [1.29, 1.82) is 0 Å². The number of hydrogen-bond donors (Lipinski definition) is 1. The van der Waals surface area contributed by atoms with Gasteiger partial charge in [-0.15, -0.1) is 0 Å². The first kappa shape index (κ1) is 22.7. The molecule has 0 saturated heterocycles. The minimum Gasteiger partial charge on any atom is -0.497 e. The van der Waals surface area contributed by atoms with Crippen LogP contribution in [0.15, 0.2) is 97.2 Å². The van der Waals surface area contributed by atoms with E-state index in [9.17, 15) is 9.59 Å².